The monoisotopic (exact) mass is 229 g/mol. The van der Waals surface area contributed by atoms with Gasteiger partial charge in [-0.15, -0.1) is 0 Å². The fraction of sp³-hybridized carbons (Fsp3) is 0.625. The first-order chi connectivity index (χ1) is 8.37. The quantitative estimate of drug-likeness (QED) is 0.826. The van der Waals surface area contributed by atoms with Crippen LogP contribution >= 0.6 is 0 Å². The lowest BCUT2D eigenvalue weighted by atomic mass is 9.62. The van der Waals surface area contributed by atoms with E-state index in [1.807, 2.05) is 0 Å². The Morgan fingerprint density at radius 2 is 1.88 bits per heavy atom. The van der Waals surface area contributed by atoms with Crippen LogP contribution in [-0.2, 0) is 11.8 Å². The summed E-state index contributed by atoms with van der Waals surface area (Å²) in [6, 6.07) is 9.04. The number of hydrogen-bond donors (Lipinski definition) is 1. The number of aryl methyl sites for hydroxylation is 1. The van der Waals surface area contributed by atoms with E-state index in [-0.39, 0.29) is 0 Å². The van der Waals surface area contributed by atoms with Crippen LogP contribution in [0.15, 0.2) is 24.3 Å². The molecule has 0 radical (unpaired) electrons. The molecule has 2 aliphatic carbocycles. The zero-order valence-corrected chi connectivity index (χ0v) is 10.6. The molecule has 92 valence electrons. The van der Waals surface area contributed by atoms with E-state index < -0.39 is 0 Å². The van der Waals surface area contributed by atoms with Gasteiger partial charge in [-0.25, -0.2) is 0 Å². The van der Waals surface area contributed by atoms with Crippen LogP contribution in [0.5, 0.6) is 0 Å². The summed E-state index contributed by atoms with van der Waals surface area (Å²) in [4.78, 5) is 0. The zero-order valence-electron chi connectivity index (χ0n) is 10.6. The highest BCUT2D eigenvalue weighted by atomic mass is 14.6. The van der Waals surface area contributed by atoms with E-state index >= 15 is 0 Å². The largest absolute Gasteiger partial charge is 0.330 e. The molecule has 2 aliphatic rings. The lowest BCUT2D eigenvalue weighted by Gasteiger charge is -2.43. The first-order valence-corrected chi connectivity index (χ1v) is 7.15. The van der Waals surface area contributed by atoms with E-state index in [2.05, 4.69) is 24.3 Å². The topological polar surface area (TPSA) is 26.0 Å². The van der Waals surface area contributed by atoms with E-state index in [4.69, 9.17) is 5.73 Å². The average Bonchev–Trinajstić information content (AvgIpc) is 2.92. The fourth-order valence-corrected chi connectivity index (χ4v) is 4.23. The maximum atomic E-state index is 6.23. The Labute approximate surface area is 104 Å². The third-order valence-corrected chi connectivity index (χ3v) is 5.12. The van der Waals surface area contributed by atoms with Crippen LogP contribution in [0.25, 0.3) is 0 Å². The van der Waals surface area contributed by atoms with E-state index in [1.54, 1.807) is 11.1 Å². The number of nitrogens with two attached hydrogens (primary N) is 1. The summed E-state index contributed by atoms with van der Waals surface area (Å²) in [5, 5.41) is 0. The highest BCUT2D eigenvalue weighted by Crippen LogP contribution is 2.48. The molecular formula is C16H23N. The first kappa shape index (κ1) is 11.3. The van der Waals surface area contributed by atoms with Gasteiger partial charge in [0.25, 0.3) is 0 Å². The smallest absolute Gasteiger partial charge is 0.0107 e. The molecule has 2 N–H and O–H groups in total. The molecule has 1 nitrogen and oxygen atoms in total. The first-order valence-electron chi connectivity index (χ1n) is 7.15. The van der Waals surface area contributed by atoms with Gasteiger partial charge in [-0.3, -0.25) is 0 Å². The van der Waals surface area contributed by atoms with Gasteiger partial charge in [0.1, 0.15) is 0 Å². The molecule has 0 spiro atoms. The van der Waals surface area contributed by atoms with Gasteiger partial charge in [0.2, 0.25) is 0 Å². The van der Waals surface area contributed by atoms with E-state index in [0.717, 1.165) is 12.5 Å². The van der Waals surface area contributed by atoms with Crippen molar-refractivity contribution in [3.63, 3.8) is 0 Å². The van der Waals surface area contributed by atoms with Gasteiger partial charge in [-0.05, 0) is 49.1 Å². The molecule has 0 saturated heterocycles. The molecule has 1 saturated carbocycles. The molecule has 3 rings (SSSR count). The van der Waals surface area contributed by atoms with Crippen molar-refractivity contribution in [3.8, 4) is 0 Å². The Hall–Kier alpha value is -0.820. The standard InChI is InChI=1S/C16H23N/c17-12-16(14-8-2-3-9-14)11-5-7-13-6-1-4-10-15(13)16/h1,4,6,10,14H,2-3,5,7-9,11-12,17H2. The van der Waals surface area contributed by atoms with Crippen LogP contribution in [0.3, 0.4) is 0 Å². The van der Waals surface area contributed by atoms with E-state index in [1.165, 1.54) is 44.9 Å². The SMILES string of the molecule is NCC1(C2CCCC2)CCCc2ccccc21. The van der Waals surface area contributed by atoms with Crippen molar-refractivity contribution >= 4 is 0 Å². The molecule has 0 heterocycles. The van der Waals surface area contributed by atoms with Crippen molar-refractivity contribution in [2.24, 2.45) is 11.7 Å². The summed E-state index contributed by atoms with van der Waals surface area (Å²) in [7, 11) is 0. The minimum absolute atomic E-state index is 0.311. The summed E-state index contributed by atoms with van der Waals surface area (Å²) >= 11 is 0. The van der Waals surface area contributed by atoms with Crippen LogP contribution in [0.4, 0.5) is 0 Å². The molecule has 17 heavy (non-hydrogen) atoms. The predicted octanol–water partition coefficient (Wildman–Crippen LogP) is 3.41. The molecule has 1 atom stereocenters. The predicted molar refractivity (Wildman–Crippen MR) is 72.1 cm³/mol. The summed E-state index contributed by atoms with van der Waals surface area (Å²) in [5.74, 6) is 0.842. The molecule has 0 bridgehead atoms. The Balaban J connectivity index is 2.05. The van der Waals surface area contributed by atoms with E-state index in [9.17, 15) is 0 Å². The highest BCUT2D eigenvalue weighted by Gasteiger charge is 2.42. The van der Waals surface area contributed by atoms with Gasteiger partial charge in [0, 0.05) is 12.0 Å². The number of benzene rings is 1. The Morgan fingerprint density at radius 1 is 1.12 bits per heavy atom. The minimum Gasteiger partial charge on any atom is -0.330 e. The summed E-state index contributed by atoms with van der Waals surface area (Å²) < 4.78 is 0. The van der Waals surface area contributed by atoms with Crippen LogP contribution < -0.4 is 5.73 Å². The molecule has 0 aromatic heterocycles. The molecule has 0 amide bonds. The molecule has 1 heteroatoms. The van der Waals surface area contributed by atoms with Crippen molar-refractivity contribution < 1.29 is 0 Å². The Kier molecular flexibility index (Phi) is 2.96. The van der Waals surface area contributed by atoms with Crippen molar-refractivity contribution in [2.45, 2.75) is 50.4 Å². The van der Waals surface area contributed by atoms with E-state index in [0.29, 0.717) is 5.41 Å². The summed E-state index contributed by atoms with van der Waals surface area (Å²) in [5.41, 5.74) is 9.69. The summed E-state index contributed by atoms with van der Waals surface area (Å²) in [6.45, 7) is 0.842. The maximum Gasteiger partial charge on any atom is 0.0107 e. The second kappa shape index (κ2) is 4.45. The molecule has 1 aromatic rings. The highest BCUT2D eigenvalue weighted by molar-refractivity contribution is 5.38. The van der Waals surface area contributed by atoms with Gasteiger partial charge in [-0.1, -0.05) is 37.1 Å². The van der Waals surface area contributed by atoms with Crippen molar-refractivity contribution in [1.82, 2.24) is 0 Å². The molecule has 1 fully saturated rings. The van der Waals surface area contributed by atoms with Crippen LogP contribution in [0.2, 0.25) is 0 Å². The Bertz CT molecular complexity index is 392. The lowest BCUT2D eigenvalue weighted by molar-refractivity contribution is 0.240. The van der Waals surface area contributed by atoms with Crippen molar-refractivity contribution in [1.29, 1.82) is 0 Å². The van der Waals surface area contributed by atoms with Crippen LogP contribution in [0.1, 0.15) is 49.7 Å². The van der Waals surface area contributed by atoms with Gasteiger partial charge in [0.05, 0.1) is 0 Å². The third-order valence-electron chi connectivity index (χ3n) is 5.12. The average molecular weight is 229 g/mol. The van der Waals surface area contributed by atoms with Gasteiger partial charge in [0.15, 0.2) is 0 Å². The maximum absolute atomic E-state index is 6.23. The minimum atomic E-state index is 0.311. The molecule has 1 aromatic carbocycles. The van der Waals surface area contributed by atoms with Gasteiger partial charge >= 0.3 is 0 Å². The number of hydrogen-bond acceptors (Lipinski definition) is 1. The molecular weight excluding hydrogens is 206 g/mol. The fourth-order valence-electron chi connectivity index (χ4n) is 4.23. The second-order valence-electron chi connectivity index (χ2n) is 5.85. The van der Waals surface area contributed by atoms with Gasteiger partial charge < -0.3 is 5.73 Å². The van der Waals surface area contributed by atoms with Gasteiger partial charge in [-0.2, -0.15) is 0 Å². The third kappa shape index (κ3) is 1.72. The van der Waals surface area contributed by atoms with Crippen LogP contribution in [-0.4, -0.2) is 6.54 Å². The zero-order chi connectivity index (χ0) is 11.7. The van der Waals surface area contributed by atoms with Crippen molar-refractivity contribution in [2.75, 3.05) is 6.54 Å². The number of fused-ring (bicyclic) bond motifs is 1. The molecule has 1 unspecified atom stereocenters. The molecule has 0 aliphatic heterocycles. The number of rotatable bonds is 2. The Morgan fingerprint density at radius 3 is 2.65 bits per heavy atom. The lowest BCUT2D eigenvalue weighted by Crippen LogP contribution is -2.44. The normalized spacial score (nSPS) is 29.2. The van der Waals surface area contributed by atoms with Crippen LogP contribution in [0, 0.1) is 5.92 Å². The summed E-state index contributed by atoms with van der Waals surface area (Å²) in [6.07, 6.45) is 9.50. The second-order valence-corrected chi connectivity index (χ2v) is 5.85. The van der Waals surface area contributed by atoms with Crippen molar-refractivity contribution in [3.05, 3.63) is 35.4 Å².